The summed E-state index contributed by atoms with van der Waals surface area (Å²) < 4.78 is 26.4. The van der Waals surface area contributed by atoms with Crippen LogP contribution >= 0.6 is 0 Å². The Hall–Kier alpha value is -1.02. The van der Waals surface area contributed by atoms with Crippen LogP contribution in [0.4, 0.5) is 0 Å². The number of likely N-dealkylation sites (N-methyl/N-ethyl adjacent to an activating group) is 1. The van der Waals surface area contributed by atoms with Gasteiger partial charge in [0.2, 0.25) is 0 Å². The van der Waals surface area contributed by atoms with Crippen LogP contribution in [0.1, 0.15) is 18.4 Å². The lowest BCUT2D eigenvalue weighted by Crippen LogP contribution is -2.34. The molecule has 1 aromatic rings. The quantitative estimate of drug-likeness (QED) is 0.734. The van der Waals surface area contributed by atoms with E-state index >= 15 is 0 Å². The first-order valence-electron chi connectivity index (χ1n) is 6.28. The van der Waals surface area contributed by atoms with Gasteiger partial charge in [0.1, 0.15) is 0 Å². The second-order valence-electron chi connectivity index (χ2n) is 4.77. The summed E-state index contributed by atoms with van der Waals surface area (Å²) in [5, 5.41) is 8.87. The summed E-state index contributed by atoms with van der Waals surface area (Å²) in [6.07, 6.45) is 3.77. The average Bonchev–Trinajstić information content (AvgIpc) is 3.23. The summed E-state index contributed by atoms with van der Waals surface area (Å²) in [5.74, 6) is 0. The number of hydrogen-bond donors (Lipinski definition) is 2. The van der Waals surface area contributed by atoms with E-state index in [0.29, 0.717) is 24.7 Å². The van der Waals surface area contributed by atoms with Gasteiger partial charge in [-0.2, -0.15) is 0 Å². The third-order valence-corrected chi connectivity index (χ3v) is 4.56. The monoisotopic (exact) mass is 285 g/mol. The van der Waals surface area contributed by atoms with E-state index in [1.165, 1.54) is 25.1 Å². The molecule has 0 spiro atoms. The number of aliphatic hydroxyl groups excluding tert-OH is 1. The maximum atomic E-state index is 11.9. The molecule has 0 unspecified atom stereocenters. The van der Waals surface area contributed by atoms with Crippen LogP contribution in [0.3, 0.4) is 0 Å². The molecular weight excluding hydrogens is 266 g/mol. The molecule has 0 bridgehead atoms. The molecule has 106 valence electrons. The van der Waals surface area contributed by atoms with Crippen molar-refractivity contribution in [1.82, 2.24) is 14.6 Å². The topological polar surface area (TPSA) is 82.5 Å². The van der Waals surface area contributed by atoms with Gasteiger partial charge in [0, 0.05) is 25.3 Å². The first kappa shape index (κ1) is 14.4. The van der Waals surface area contributed by atoms with E-state index in [1.807, 2.05) is 7.05 Å². The molecule has 0 saturated heterocycles. The largest absolute Gasteiger partial charge is 0.392 e. The fraction of sp³-hybridized carbons (Fsp3) is 0.583. The third kappa shape index (κ3) is 3.97. The molecular formula is C12H19N3O3S. The van der Waals surface area contributed by atoms with Crippen molar-refractivity contribution in [3.63, 3.8) is 0 Å². The summed E-state index contributed by atoms with van der Waals surface area (Å²) >= 11 is 0. The minimum absolute atomic E-state index is 0.0150. The number of aromatic nitrogens is 1. The zero-order chi connectivity index (χ0) is 13.9. The zero-order valence-corrected chi connectivity index (χ0v) is 11.7. The Morgan fingerprint density at radius 1 is 1.47 bits per heavy atom. The van der Waals surface area contributed by atoms with Gasteiger partial charge in [-0.1, -0.05) is 6.07 Å². The van der Waals surface area contributed by atoms with Crippen LogP contribution in [0.2, 0.25) is 0 Å². The maximum Gasteiger partial charge on any atom is 0.258 e. The predicted molar refractivity (Wildman–Crippen MR) is 71.0 cm³/mol. The van der Waals surface area contributed by atoms with Gasteiger partial charge < -0.3 is 10.0 Å². The molecule has 2 N–H and O–H groups in total. The standard InChI is InChI=1S/C12H19N3O3S/c1-15(11-3-4-11)7-6-14-19(17,18)12-5-2-10(9-16)8-13-12/h2,5,8,11,14,16H,3-4,6-7,9H2,1H3. The highest BCUT2D eigenvalue weighted by Gasteiger charge is 2.26. The summed E-state index contributed by atoms with van der Waals surface area (Å²) in [6.45, 7) is 0.921. The second kappa shape index (κ2) is 5.96. The van der Waals surface area contributed by atoms with E-state index < -0.39 is 10.0 Å². The molecule has 1 aromatic heterocycles. The van der Waals surface area contributed by atoms with Gasteiger partial charge in [-0.05, 0) is 31.5 Å². The molecule has 0 atom stereocenters. The van der Waals surface area contributed by atoms with E-state index in [9.17, 15) is 8.42 Å². The van der Waals surface area contributed by atoms with E-state index in [2.05, 4.69) is 14.6 Å². The average molecular weight is 285 g/mol. The summed E-state index contributed by atoms with van der Waals surface area (Å²) in [6, 6.07) is 3.57. The van der Waals surface area contributed by atoms with Crippen molar-refractivity contribution in [2.45, 2.75) is 30.5 Å². The third-order valence-electron chi connectivity index (χ3n) is 3.18. The zero-order valence-electron chi connectivity index (χ0n) is 10.9. The van der Waals surface area contributed by atoms with Gasteiger partial charge in [-0.15, -0.1) is 0 Å². The highest BCUT2D eigenvalue weighted by Crippen LogP contribution is 2.24. The fourth-order valence-corrected chi connectivity index (χ4v) is 2.74. The first-order valence-corrected chi connectivity index (χ1v) is 7.77. The molecule has 1 aliphatic rings. The van der Waals surface area contributed by atoms with Crippen molar-refractivity contribution in [1.29, 1.82) is 0 Å². The van der Waals surface area contributed by atoms with Gasteiger partial charge in [0.25, 0.3) is 10.0 Å². The van der Waals surface area contributed by atoms with E-state index in [1.54, 1.807) is 6.07 Å². The minimum Gasteiger partial charge on any atom is -0.392 e. The van der Waals surface area contributed by atoms with Gasteiger partial charge in [0.15, 0.2) is 5.03 Å². The highest BCUT2D eigenvalue weighted by molar-refractivity contribution is 7.89. The van der Waals surface area contributed by atoms with Crippen molar-refractivity contribution in [3.05, 3.63) is 23.9 Å². The van der Waals surface area contributed by atoms with Gasteiger partial charge >= 0.3 is 0 Å². The smallest absolute Gasteiger partial charge is 0.258 e. The van der Waals surface area contributed by atoms with Crippen LogP contribution in [0.5, 0.6) is 0 Å². The molecule has 1 saturated carbocycles. The number of nitrogens with zero attached hydrogens (tertiary/aromatic N) is 2. The normalized spacial score (nSPS) is 15.9. The molecule has 1 fully saturated rings. The number of aliphatic hydroxyl groups is 1. The van der Waals surface area contributed by atoms with Crippen molar-refractivity contribution < 1.29 is 13.5 Å². The minimum atomic E-state index is -3.56. The van der Waals surface area contributed by atoms with Crippen LogP contribution in [0.15, 0.2) is 23.4 Å². The van der Waals surface area contributed by atoms with Gasteiger partial charge in [-0.3, -0.25) is 0 Å². The summed E-state index contributed by atoms with van der Waals surface area (Å²) in [4.78, 5) is 6.00. The number of hydrogen-bond acceptors (Lipinski definition) is 5. The molecule has 19 heavy (non-hydrogen) atoms. The van der Waals surface area contributed by atoms with Gasteiger partial charge in [-0.25, -0.2) is 18.1 Å². The lowest BCUT2D eigenvalue weighted by Gasteiger charge is -2.15. The van der Waals surface area contributed by atoms with Gasteiger partial charge in [0.05, 0.1) is 6.61 Å². The summed E-state index contributed by atoms with van der Waals surface area (Å²) in [7, 11) is -1.56. The molecule has 0 aliphatic heterocycles. The lowest BCUT2D eigenvalue weighted by atomic mass is 10.3. The van der Waals surface area contributed by atoms with Crippen LogP contribution in [0.25, 0.3) is 0 Å². The summed E-state index contributed by atoms with van der Waals surface area (Å²) in [5.41, 5.74) is 0.590. The van der Waals surface area contributed by atoms with E-state index in [4.69, 9.17) is 5.11 Å². The van der Waals surface area contributed by atoms with Crippen LogP contribution < -0.4 is 4.72 Å². The van der Waals surface area contributed by atoms with Crippen LogP contribution in [0, 0.1) is 0 Å². The number of sulfonamides is 1. The molecule has 0 amide bonds. The molecule has 1 aliphatic carbocycles. The van der Waals surface area contributed by atoms with Crippen molar-refractivity contribution >= 4 is 10.0 Å². The molecule has 7 heteroatoms. The second-order valence-corrected chi connectivity index (χ2v) is 6.49. The maximum absolute atomic E-state index is 11.9. The van der Waals surface area contributed by atoms with Crippen LogP contribution in [-0.2, 0) is 16.6 Å². The molecule has 1 heterocycles. The Balaban J connectivity index is 1.89. The Kier molecular flexibility index (Phi) is 4.51. The fourth-order valence-electron chi connectivity index (χ4n) is 1.79. The van der Waals surface area contributed by atoms with Crippen molar-refractivity contribution in [2.75, 3.05) is 20.1 Å². The predicted octanol–water partition coefficient (Wildman–Crippen LogP) is -0.0536. The SMILES string of the molecule is CN(CCNS(=O)(=O)c1ccc(CO)cn1)C1CC1. The Labute approximate surface area is 113 Å². The van der Waals surface area contributed by atoms with Crippen molar-refractivity contribution in [2.24, 2.45) is 0 Å². The molecule has 6 nitrogen and oxygen atoms in total. The highest BCUT2D eigenvalue weighted by atomic mass is 32.2. The first-order chi connectivity index (χ1) is 9.03. The number of rotatable bonds is 7. The van der Waals surface area contributed by atoms with Crippen LogP contribution in [-0.4, -0.2) is 49.6 Å². The molecule has 0 aromatic carbocycles. The van der Waals surface area contributed by atoms with E-state index in [0.717, 1.165) is 0 Å². The molecule has 2 rings (SSSR count). The Morgan fingerprint density at radius 2 is 2.21 bits per heavy atom. The Bertz CT molecular complexity index is 512. The number of pyridine rings is 1. The molecule has 0 radical (unpaired) electrons. The Morgan fingerprint density at radius 3 is 2.74 bits per heavy atom. The van der Waals surface area contributed by atoms with Crippen molar-refractivity contribution in [3.8, 4) is 0 Å². The lowest BCUT2D eigenvalue weighted by molar-refractivity contribution is 0.281. The number of nitrogens with one attached hydrogen (secondary N) is 1. The van der Waals surface area contributed by atoms with E-state index in [-0.39, 0.29) is 11.6 Å².